The maximum atomic E-state index is 11.7. The number of carboxylic acid groups (broad SMARTS) is 1. The zero-order chi connectivity index (χ0) is 16.3. The predicted molar refractivity (Wildman–Crippen MR) is 78.3 cm³/mol. The van der Waals surface area contributed by atoms with Gasteiger partial charge in [-0.25, -0.2) is 14.3 Å². The second-order valence-electron chi connectivity index (χ2n) is 5.80. The van der Waals surface area contributed by atoms with Crippen molar-refractivity contribution in [1.82, 2.24) is 20.3 Å². The summed E-state index contributed by atoms with van der Waals surface area (Å²) in [7, 11) is 0. The number of para-hydroxylation sites is 1. The highest BCUT2D eigenvalue weighted by molar-refractivity contribution is 5.80. The summed E-state index contributed by atoms with van der Waals surface area (Å²) in [5.74, 6) is -1.18. The Morgan fingerprint density at radius 3 is 2.68 bits per heavy atom. The third kappa shape index (κ3) is 3.94. The van der Waals surface area contributed by atoms with Gasteiger partial charge in [-0.05, 0) is 32.9 Å². The number of carbonyl (C=O) groups is 2. The van der Waals surface area contributed by atoms with Crippen LogP contribution in [0.1, 0.15) is 20.8 Å². The molecule has 1 aromatic heterocycles. The normalized spacial score (nSPS) is 12.9. The fourth-order valence-corrected chi connectivity index (χ4v) is 1.86. The first kappa shape index (κ1) is 15.7. The summed E-state index contributed by atoms with van der Waals surface area (Å²) in [6, 6.07) is 6.01. The number of benzene rings is 1. The lowest BCUT2D eigenvalue weighted by atomic mass is 10.2. The highest BCUT2D eigenvalue weighted by Crippen LogP contribution is 2.11. The van der Waals surface area contributed by atoms with Crippen LogP contribution in [0.2, 0.25) is 0 Å². The van der Waals surface area contributed by atoms with Crippen LogP contribution >= 0.6 is 0 Å². The molecular formula is C14H18N4O4. The van der Waals surface area contributed by atoms with Gasteiger partial charge in [0.2, 0.25) is 0 Å². The van der Waals surface area contributed by atoms with Crippen molar-refractivity contribution in [2.24, 2.45) is 0 Å². The molecule has 0 aliphatic heterocycles. The zero-order valence-electron chi connectivity index (χ0n) is 12.6. The molecule has 2 rings (SSSR count). The molecule has 0 saturated carbocycles. The fraction of sp³-hybridized carbons (Fsp3) is 0.429. The number of rotatable bonds is 4. The molecule has 0 aliphatic carbocycles. The highest BCUT2D eigenvalue weighted by Gasteiger charge is 2.25. The first-order valence-corrected chi connectivity index (χ1v) is 6.77. The minimum Gasteiger partial charge on any atom is -0.480 e. The van der Waals surface area contributed by atoms with E-state index in [0.717, 1.165) is 0 Å². The van der Waals surface area contributed by atoms with Crippen molar-refractivity contribution >= 4 is 23.1 Å². The van der Waals surface area contributed by atoms with E-state index in [0.29, 0.717) is 11.0 Å². The van der Waals surface area contributed by atoms with Crippen LogP contribution in [0.15, 0.2) is 24.3 Å². The number of aliphatic carboxylic acids is 1. The van der Waals surface area contributed by atoms with Gasteiger partial charge in [0.05, 0.1) is 12.1 Å². The van der Waals surface area contributed by atoms with Gasteiger partial charge in [0, 0.05) is 0 Å². The molecule has 0 fully saturated rings. The molecule has 8 heteroatoms. The summed E-state index contributed by atoms with van der Waals surface area (Å²) in [5, 5.41) is 19.4. The van der Waals surface area contributed by atoms with Crippen molar-refractivity contribution in [2.75, 3.05) is 0 Å². The monoisotopic (exact) mass is 306 g/mol. The van der Waals surface area contributed by atoms with Gasteiger partial charge >= 0.3 is 12.1 Å². The van der Waals surface area contributed by atoms with Gasteiger partial charge in [0.1, 0.15) is 17.2 Å². The second-order valence-corrected chi connectivity index (χ2v) is 5.80. The lowest BCUT2D eigenvalue weighted by Gasteiger charge is -2.22. The molecule has 2 N–H and O–H groups in total. The average molecular weight is 306 g/mol. The summed E-state index contributed by atoms with van der Waals surface area (Å²) in [4.78, 5) is 23.1. The van der Waals surface area contributed by atoms with Crippen LogP contribution < -0.4 is 5.32 Å². The van der Waals surface area contributed by atoms with Crippen molar-refractivity contribution in [3.05, 3.63) is 24.3 Å². The third-order valence-corrected chi connectivity index (χ3v) is 2.76. The summed E-state index contributed by atoms with van der Waals surface area (Å²) in [6.45, 7) is 5.06. The molecule has 1 heterocycles. The van der Waals surface area contributed by atoms with Crippen LogP contribution in [0, 0.1) is 0 Å². The van der Waals surface area contributed by atoms with Gasteiger partial charge in [0.15, 0.2) is 0 Å². The van der Waals surface area contributed by atoms with E-state index in [1.165, 1.54) is 4.68 Å². The zero-order valence-corrected chi connectivity index (χ0v) is 12.6. The molecule has 1 atom stereocenters. The van der Waals surface area contributed by atoms with Crippen molar-refractivity contribution in [2.45, 2.75) is 39.0 Å². The van der Waals surface area contributed by atoms with Crippen LogP contribution in [0.3, 0.4) is 0 Å². The number of alkyl carbamates (subject to hydrolysis) is 1. The van der Waals surface area contributed by atoms with E-state index in [9.17, 15) is 14.7 Å². The number of hydrogen-bond donors (Lipinski definition) is 2. The maximum Gasteiger partial charge on any atom is 0.408 e. The van der Waals surface area contributed by atoms with Crippen LogP contribution in [-0.2, 0) is 16.1 Å². The first-order valence-electron chi connectivity index (χ1n) is 6.77. The van der Waals surface area contributed by atoms with Gasteiger partial charge in [-0.15, -0.1) is 5.10 Å². The maximum absolute atomic E-state index is 11.7. The number of hydrogen-bond acceptors (Lipinski definition) is 5. The predicted octanol–water partition coefficient (Wildman–Crippen LogP) is 1.41. The molecule has 0 saturated heterocycles. The molecule has 1 amide bonds. The molecule has 1 unspecified atom stereocenters. The van der Waals surface area contributed by atoms with E-state index in [-0.39, 0.29) is 6.54 Å². The molecule has 0 bridgehead atoms. The smallest absolute Gasteiger partial charge is 0.408 e. The SMILES string of the molecule is CC(C)(C)OC(=O)NC(Cn1nnc2ccccc21)C(=O)O. The Kier molecular flexibility index (Phi) is 4.30. The Hall–Kier alpha value is -2.64. The molecule has 0 radical (unpaired) electrons. The fourth-order valence-electron chi connectivity index (χ4n) is 1.86. The summed E-state index contributed by atoms with van der Waals surface area (Å²) < 4.78 is 6.50. The summed E-state index contributed by atoms with van der Waals surface area (Å²) >= 11 is 0. The molecule has 118 valence electrons. The lowest BCUT2D eigenvalue weighted by molar-refractivity contribution is -0.139. The van der Waals surface area contributed by atoms with Gasteiger partial charge < -0.3 is 15.2 Å². The van der Waals surface area contributed by atoms with Gasteiger partial charge in [-0.1, -0.05) is 17.3 Å². The quantitative estimate of drug-likeness (QED) is 0.884. The summed E-state index contributed by atoms with van der Waals surface area (Å²) in [6.07, 6.45) is -0.788. The van der Waals surface area contributed by atoms with Crippen LogP contribution in [0.4, 0.5) is 4.79 Å². The largest absolute Gasteiger partial charge is 0.480 e. The van der Waals surface area contributed by atoms with E-state index >= 15 is 0 Å². The average Bonchev–Trinajstić information content (AvgIpc) is 2.79. The molecular weight excluding hydrogens is 288 g/mol. The molecule has 8 nitrogen and oxygen atoms in total. The van der Waals surface area contributed by atoms with Gasteiger partial charge in [0.25, 0.3) is 0 Å². The van der Waals surface area contributed by atoms with E-state index in [1.807, 2.05) is 6.07 Å². The van der Waals surface area contributed by atoms with Crippen LogP contribution in [-0.4, -0.2) is 43.8 Å². The van der Waals surface area contributed by atoms with E-state index in [2.05, 4.69) is 15.6 Å². The number of carbonyl (C=O) groups excluding carboxylic acids is 1. The van der Waals surface area contributed by atoms with E-state index in [4.69, 9.17) is 4.74 Å². The van der Waals surface area contributed by atoms with E-state index in [1.54, 1.807) is 39.0 Å². The van der Waals surface area contributed by atoms with E-state index < -0.39 is 23.7 Å². The topological polar surface area (TPSA) is 106 Å². The number of nitrogens with one attached hydrogen (secondary N) is 1. The minimum absolute atomic E-state index is 0.0465. The van der Waals surface area contributed by atoms with Gasteiger partial charge in [-0.3, -0.25) is 0 Å². The Morgan fingerprint density at radius 2 is 2.05 bits per heavy atom. The number of carboxylic acids is 1. The molecule has 0 aliphatic rings. The standard InChI is InChI=1S/C14H18N4O4/c1-14(2,3)22-13(21)15-10(12(19)20)8-18-11-7-5-4-6-9(11)16-17-18/h4-7,10H,8H2,1-3H3,(H,15,21)(H,19,20). The summed E-state index contributed by atoms with van der Waals surface area (Å²) in [5.41, 5.74) is 0.649. The van der Waals surface area contributed by atoms with Crippen molar-refractivity contribution in [1.29, 1.82) is 0 Å². The number of nitrogens with zero attached hydrogens (tertiary/aromatic N) is 3. The van der Waals surface area contributed by atoms with Crippen molar-refractivity contribution in [3.8, 4) is 0 Å². The van der Waals surface area contributed by atoms with Crippen LogP contribution in [0.25, 0.3) is 11.0 Å². The second kappa shape index (κ2) is 6.00. The lowest BCUT2D eigenvalue weighted by Crippen LogP contribution is -2.45. The molecule has 2 aromatic rings. The molecule has 0 spiro atoms. The molecule has 1 aromatic carbocycles. The third-order valence-electron chi connectivity index (χ3n) is 2.76. The van der Waals surface area contributed by atoms with Crippen LogP contribution in [0.5, 0.6) is 0 Å². The number of fused-ring (bicyclic) bond motifs is 1. The number of ether oxygens (including phenoxy) is 1. The number of amides is 1. The Bertz CT molecular complexity index is 689. The minimum atomic E-state index is -1.18. The Labute approximate surface area is 127 Å². The van der Waals surface area contributed by atoms with Crippen molar-refractivity contribution in [3.63, 3.8) is 0 Å². The van der Waals surface area contributed by atoms with Crippen molar-refractivity contribution < 1.29 is 19.4 Å². The number of aromatic nitrogens is 3. The Balaban J connectivity index is 2.12. The highest BCUT2D eigenvalue weighted by atomic mass is 16.6. The Morgan fingerprint density at radius 1 is 1.36 bits per heavy atom. The molecule has 22 heavy (non-hydrogen) atoms. The first-order chi connectivity index (χ1) is 10.3. The van der Waals surface area contributed by atoms with Gasteiger partial charge in [-0.2, -0.15) is 0 Å².